The largest absolute Gasteiger partial charge is 0.466 e. The van der Waals surface area contributed by atoms with Gasteiger partial charge in [0.1, 0.15) is 0 Å². The predicted molar refractivity (Wildman–Crippen MR) is 86.4 cm³/mol. The predicted octanol–water partition coefficient (Wildman–Crippen LogP) is 2.33. The summed E-state index contributed by atoms with van der Waals surface area (Å²) in [6, 6.07) is 9.23. The first-order chi connectivity index (χ1) is 10.5. The smallest absolute Gasteiger partial charge is 0.309 e. The lowest BCUT2D eigenvalue weighted by Gasteiger charge is -2.37. The maximum absolute atomic E-state index is 12.4. The number of nitrogens with zero attached hydrogens (tertiary/aromatic N) is 2. The Balaban J connectivity index is 2.03. The third-order valence-corrected chi connectivity index (χ3v) is 5.17. The molecule has 0 aliphatic heterocycles. The van der Waals surface area contributed by atoms with E-state index in [4.69, 9.17) is 4.74 Å². The highest BCUT2D eigenvalue weighted by Crippen LogP contribution is 2.65. The first-order valence-corrected chi connectivity index (χ1v) is 8.07. The molecule has 22 heavy (non-hydrogen) atoms. The molecule has 1 saturated carbocycles. The molecule has 4 heteroatoms. The summed E-state index contributed by atoms with van der Waals surface area (Å²) >= 11 is 0. The molecule has 0 bridgehead atoms. The Morgan fingerprint density at radius 3 is 1.82 bits per heavy atom. The van der Waals surface area contributed by atoms with Crippen molar-refractivity contribution in [2.45, 2.75) is 19.0 Å². The number of fused-ring (bicyclic) bond motifs is 2. The molecule has 1 aromatic rings. The second-order valence-electron chi connectivity index (χ2n) is 6.88. The average Bonchev–Trinajstić information content (AvgIpc) is 3.18. The summed E-state index contributed by atoms with van der Waals surface area (Å²) in [5.41, 5.74) is 2.72. The third kappa shape index (κ3) is 2.25. The van der Waals surface area contributed by atoms with Crippen LogP contribution in [0.1, 0.15) is 30.1 Å². The fourth-order valence-electron chi connectivity index (χ4n) is 4.43. The van der Waals surface area contributed by atoms with Crippen molar-refractivity contribution in [1.82, 2.24) is 9.80 Å². The van der Waals surface area contributed by atoms with E-state index in [-0.39, 0.29) is 11.9 Å². The van der Waals surface area contributed by atoms with Crippen molar-refractivity contribution in [3.63, 3.8) is 0 Å². The van der Waals surface area contributed by atoms with Crippen molar-refractivity contribution in [1.29, 1.82) is 0 Å². The van der Waals surface area contributed by atoms with E-state index in [1.165, 1.54) is 11.1 Å². The molecule has 3 rings (SSSR count). The van der Waals surface area contributed by atoms with Crippen LogP contribution >= 0.6 is 0 Å². The second-order valence-corrected chi connectivity index (χ2v) is 6.88. The molecule has 4 atom stereocenters. The Morgan fingerprint density at radius 2 is 1.45 bits per heavy atom. The van der Waals surface area contributed by atoms with Crippen LogP contribution < -0.4 is 0 Å². The van der Waals surface area contributed by atoms with Gasteiger partial charge in [-0.3, -0.25) is 4.79 Å². The molecule has 0 heterocycles. The second kappa shape index (κ2) is 5.67. The SMILES string of the molecule is CCOC(=O)C1C2C1C(N(C)C)c1ccccc1C2N(C)C. The molecule has 4 nitrogen and oxygen atoms in total. The lowest BCUT2D eigenvalue weighted by molar-refractivity contribution is -0.145. The molecular formula is C18H26N2O2. The molecule has 0 radical (unpaired) electrons. The minimum atomic E-state index is -0.0241. The maximum Gasteiger partial charge on any atom is 0.309 e. The van der Waals surface area contributed by atoms with Crippen molar-refractivity contribution in [3.05, 3.63) is 35.4 Å². The maximum atomic E-state index is 12.4. The number of hydrogen-bond donors (Lipinski definition) is 0. The van der Waals surface area contributed by atoms with Gasteiger partial charge >= 0.3 is 5.97 Å². The first kappa shape index (κ1) is 15.5. The van der Waals surface area contributed by atoms with Crippen molar-refractivity contribution in [2.75, 3.05) is 34.8 Å². The Kier molecular flexibility index (Phi) is 4.00. The average molecular weight is 302 g/mol. The molecular weight excluding hydrogens is 276 g/mol. The zero-order valence-electron chi connectivity index (χ0n) is 14.1. The van der Waals surface area contributed by atoms with Crippen molar-refractivity contribution >= 4 is 5.97 Å². The fourth-order valence-corrected chi connectivity index (χ4v) is 4.43. The highest BCUT2D eigenvalue weighted by molar-refractivity contribution is 5.77. The Hall–Kier alpha value is -1.39. The Morgan fingerprint density at radius 1 is 1.00 bits per heavy atom. The normalized spacial score (nSPS) is 32.6. The van der Waals surface area contributed by atoms with Crippen LogP contribution in [0.25, 0.3) is 0 Å². The van der Waals surface area contributed by atoms with Crippen LogP contribution in [0.3, 0.4) is 0 Å². The number of carbonyl (C=O) groups excluding carboxylic acids is 1. The zero-order valence-corrected chi connectivity index (χ0v) is 14.1. The summed E-state index contributed by atoms with van der Waals surface area (Å²) in [6.07, 6.45) is 0. The quantitative estimate of drug-likeness (QED) is 0.799. The summed E-state index contributed by atoms with van der Waals surface area (Å²) in [5.74, 6) is 0.712. The molecule has 2 aliphatic rings. The molecule has 0 spiro atoms. The van der Waals surface area contributed by atoms with Crippen LogP contribution in [0.4, 0.5) is 0 Å². The van der Waals surface area contributed by atoms with Gasteiger partial charge in [0.2, 0.25) is 0 Å². The number of esters is 1. The number of carbonyl (C=O) groups is 1. The van der Waals surface area contributed by atoms with Gasteiger partial charge in [-0.05, 0) is 58.1 Å². The molecule has 4 unspecified atom stereocenters. The van der Waals surface area contributed by atoms with E-state index in [2.05, 4.69) is 62.3 Å². The minimum absolute atomic E-state index is 0.0205. The van der Waals surface area contributed by atoms with E-state index in [0.29, 0.717) is 30.5 Å². The fraction of sp³-hybridized carbons (Fsp3) is 0.611. The van der Waals surface area contributed by atoms with E-state index < -0.39 is 0 Å². The highest BCUT2D eigenvalue weighted by atomic mass is 16.5. The summed E-state index contributed by atoms with van der Waals surface area (Å²) in [5, 5.41) is 0. The van der Waals surface area contributed by atoms with Crippen LogP contribution in [0, 0.1) is 17.8 Å². The van der Waals surface area contributed by atoms with Crippen molar-refractivity contribution in [3.8, 4) is 0 Å². The van der Waals surface area contributed by atoms with Gasteiger partial charge in [0.25, 0.3) is 0 Å². The molecule has 1 fully saturated rings. The Bertz CT molecular complexity index is 529. The van der Waals surface area contributed by atoms with Crippen LogP contribution in [0.15, 0.2) is 24.3 Å². The van der Waals surface area contributed by atoms with Crippen LogP contribution in [-0.4, -0.2) is 50.6 Å². The summed E-state index contributed by atoms with van der Waals surface area (Å²) in [4.78, 5) is 16.9. The molecule has 2 aliphatic carbocycles. The standard InChI is InChI=1S/C18H26N2O2/c1-6-22-18(21)15-13-14(15)17(20(4)5)12-10-8-7-9-11(12)16(13)19(2)3/h7-10,13-17H,6H2,1-5H3. The number of hydrogen-bond acceptors (Lipinski definition) is 4. The zero-order chi connectivity index (χ0) is 16.0. The highest BCUT2D eigenvalue weighted by Gasteiger charge is 2.66. The van der Waals surface area contributed by atoms with Gasteiger partial charge in [0, 0.05) is 12.1 Å². The molecule has 0 amide bonds. The van der Waals surface area contributed by atoms with Crippen LogP contribution in [0.2, 0.25) is 0 Å². The van der Waals surface area contributed by atoms with Gasteiger partial charge in [-0.1, -0.05) is 24.3 Å². The van der Waals surface area contributed by atoms with E-state index >= 15 is 0 Å². The molecule has 1 aromatic carbocycles. The van der Waals surface area contributed by atoms with E-state index in [1.807, 2.05) is 6.92 Å². The van der Waals surface area contributed by atoms with Gasteiger partial charge in [-0.25, -0.2) is 0 Å². The van der Waals surface area contributed by atoms with Crippen LogP contribution in [0.5, 0.6) is 0 Å². The lowest BCUT2D eigenvalue weighted by Crippen LogP contribution is -2.33. The third-order valence-electron chi connectivity index (χ3n) is 5.17. The monoisotopic (exact) mass is 302 g/mol. The van der Waals surface area contributed by atoms with Crippen LogP contribution in [-0.2, 0) is 9.53 Å². The van der Waals surface area contributed by atoms with Gasteiger partial charge in [0.15, 0.2) is 0 Å². The summed E-state index contributed by atoms with van der Waals surface area (Å²) < 4.78 is 5.34. The Labute approximate surface area is 133 Å². The molecule has 0 saturated heterocycles. The number of rotatable bonds is 4. The lowest BCUT2D eigenvalue weighted by atomic mass is 9.83. The molecule has 120 valence electrons. The van der Waals surface area contributed by atoms with Gasteiger partial charge in [-0.2, -0.15) is 0 Å². The number of ether oxygens (including phenoxy) is 1. The minimum Gasteiger partial charge on any atom is -0.466 e. The van der Waals surface area contributed by atoms with Crippen molar-refractivity contribution in [2.24, 2.45) is 17.8 Å². The van der Waals surface area contributed by atoms with Crippen molar-refractivity contribution < 1.29 is 9.53 Å². The first-order valence-electron chi connectivity index (χ1n) is 8.07. The molecule has 0 N–H and O–H groups in total. The summed E-state index contributed by atoms with van der Waals surface area (Å²) in [6.45, 7) is 2.34. The summed E-state index contributed by atoms with van der Waals surface area (Å²) in [7, 11) is 8.42. The van der Waals surface area contributed by atoms with Gasteiger partial charge in [0.05, 0.1) is 12.5 Å². The van der Waals surface area contributed by atoms with E-state index in [1.54, 1.807) is 0 Å². The number of benzene rings is 1. The molecule has 0 aromatic heterocycles. The van der Waals surface area contributed by atoms with E-state index in [0.717, 1.165) is 0 Å². The van der Waals surface area contributed by atoms with E-state index in [9.17, 15) is 4.79 Å². The topological polar surface area (TPSA) is 32.8 Å². The van der Waals surface area contributed by atoms with Gasteiger partial charge in [-0.15, -0.1) is 0 Å². The van der Waals surface area contributed by atoms with Gasteiger partial charge < -0.3 is 14.5 Å².